The minimum absolute atomic E-state index is 0.182. The number of aliphatic hydroxyl groups excluding tert-OH is 1. The summed E-state index contributed by atoms with van der Waals surface area (Å²) in [5.74, 6) is -0.401. The molecule has 0 heterocycles. The highest BCUT2D eigenvalue weighted by atomic mass is 79.9. The molecule has 1 unspecified atom stereocenters. The van der Waals surface area contributed by atoms with Crippen LogP contribution in [0.5, 0.6) is 0 Å². The van der Waals surface area contributed by atoms with Gasteiger partial charge in [-0.1, -0.05) is 12.1 Å². The Hall–Kier alpha value is -0.450. The number of benzene rings is 1. The molecule has 1 aromatic rings. The lowest BCUT2D eigenvalue weighted by Crippen LogP contribution is -2.29. The predicted octanol–water partition coefficient (Wildman–Crippen LogP) is 2.23. The van der Waals surface area contributed by atoms with Crippen molar-refractivity contribution < 1.29 is 9.50 Å². The summed E-state index contributed by atoms with van der Waals surface area (Å²) in [6.07, 6.45) is -0.836. The highest BCUT2D eigenvalue weighted by Crippen LogP contribution is 2.25. The Morgan fingerprint density at radius 1 is 1.50 bits per heavy atom. The van der Waals surface area contributed by atoms with E-state index < -0.39 is 11.9 Å². The van der Waals surface area contributed by atoms with E-state index in [2.05, 4.69) is 21.2 Å². The lowest BCUT2D eigenvalue weighted by Gasteiger charge is -2.19. The van der Waals surface area contributed by atoms with Gasteiger partial charge in [-0.2, -0.15) is 0 Å². The summed E-state index contributed by atoms with van der Waals surface area (Å²) in [6, 6.07) is 4.71. The van der Waals surface area contributed by atoms with Crippen LogP contribution in [0, 0.1) is 5.82 Å². The van der Waals surface area contributed by atoms with Gasteiger partial charge in [0.25, 0.3) is 0 Å². The maximum Gasteiger partial charge on any atom is 0.143 e. The Labute approximate surface area is 91.3 Å². The van der Waals surface area contributed by atoms with Crippen molar-refractivity contribution in [2.24, 2.45) is 0 Å². The van der Waals surface area contributed by atoms with E-state index in [4.69, 9.17) is 0 Å². The molecule has 2 atom stereocenters. The molecule has 0 saturated heterocycles. The van der Waals surface area contributed by atoms with Crippen molar-refractivity contribution in [3.63, 3.8) is 0 Å². The van der Waals surface area contributed by atoms with Crippen molar-refractivity contribution in [3.8, 4) is 0 Å². The predicted molar refractivity (Wildman–Crippen MR) is 57.6 cm³/mol. The first-order valence-electron chi connectivity index (χ1n) is 4.37. The van der Waals surface area contributed by atoms with Crippen LogP contribution in [0.25, 0.3) is 0 Å². The molecule has 0 aliphatic rings. The molecule has 1 aromatic carbocycles. The second kappa shape index (κ2) is 4.87. The normalized spacial score (nSPS) is 15.2. The molecule has 78 valence electrons. The minimum atomic E-state index is -0.836. The zero-order valence-electron chi connectivity index (χ0n) is 8.09. The van der Waals surface area contributed by atoms with Crippen molar-refractivity contribution in [1.29, 1.82) is 0 Å². The number of halogens is 2. The zero-order valence-corrected chi connectivity index (χ0v) is 9.68. The van der Waals surface area contributed by atoms with Gasteiger partial charge in [0.1, 0.15) is 5.82 Å². The average molecular weight is 262 g/mol. The largest absolute Gasteiger partial charge is 0.387 e. The summed E-state index contributed by atoms with van der Waals surface area (Å²) in [7, 11) is 1.73. The summed E-state index contributed by atoms with van der Waals surface area (Å²) in [5, 5.41) is 12.6. The van der Waals surface area contributed by atoms with Gasteiger partial charge in [-0.05, 0) is 36.0 Å². The topological polar surface area (TPSA) is 32.3 Å². The maximum absolute atomic E-state index is 13.5. The molecule has 0 radical (unpaired) electrons. The van der Waals surface area contributed by atoms with Gasteiger partial charge in [-0.3, -0.25) is 0 Å². The SMILES string of the molecule is CN[C@@H](C)C(O)c1cccc(Br)c1F. The Morgan fingerprint density at radius 2 is 2.14 bits per heavy atom. The summed E-state index contributed by atoms with van der Waals surface area (Å²) >= 11 is 3.08. The van der Waals surface area contributed by atoms with Crippen LogP contribution in [0.4, 0.5) is 4.39 Å². The van der Waals surface area contributed by atoms with Crippen molar-refractivity contribution in [3.05, 3.63) is 34.1 Å². The van der Waals surface area contributed by atoms with Crippen molar-refractivity contribution in [2.75, 3.05) is 7.05 Å². The highest BCUT2D eigenvalue weighted by molar-refractivity contribution is 9.10. The van der Waals surface area contributed by atoms with Gasteiger partial charge in [-0.15, -0.1) is 0 Å². The fourth-order valence-corrected chi connectivity index (χ4v) is 1.56. The van der Waals surface area contributed by atoms with Crippen molar-refractivity contribution >= 4 is 15.9 Å². The number of likely N-dealkylation sites (N-methyl/N-ethyl adjacent to an activating group) is 1. The van der Waals surface area contributed by atoms with Crippen LogP contribution in [0.3, 0.4) is 0 Å². The van der Waals surface area contributed by atoms with E-state index in [1.54, 1.807) is 32.2 Å². The van der Waals surface area contributed by atoms with Crippen LogP contribution in [0.2, 0.25) is 0 Å². The van der Waals surface area contributed by atoms with Gasteiger partial charge in [0.05, 0.1) is 10.6 Å². The Kier molecular flexibility index (Phi) is 4.04. The lowest BCUT2D eigenvalue weighted by molar-refractivity contribution is 0.136. The molecule has 2 nitrogen and oxygen atoms in total. The number of aliphatic hydroxyl groups is 1. The molecule has 4 heteroatoms. The quantitative estimate of drug-likeness (QED) is 0.875. The first kappa shape index (κ1) is 11.6. The summed E-state index contributed by atoms with van der Waals surface area (Å²) in [6.45, 7) is 1.80. The van der Waals surface area contributed by atoms with E-state index in [1.807, 2.05) is 0 Å². The molecule has 14 heavy (non-hydrogen) atoms. The van der Waals surface area contributed by atoms with Gasteiger partial charge < -0.3 is 10.4 Å². The molecular weight excluding hydrogens is 249 g/mol. The average Bonchev–Trinajstić information content (AvgIpc) is 2.20. The smallest absolute Gasteiger partial charge is 0.143 e. The van der Waals surface area contributed by atoms with Gasteiger partial charge >= 0.3 is 0 Å². The summed E-state index contributed by atoms with van der Waals surface area (Å²) < 4.78 is 13.9. The van der Waals surface area contributed by atoms with Gasteiger partial charge in [0, 0.05) is 11.6 Å². The van der Waals surface area contributed by atoms with E-state index >= 15 is 0 Å². The van der Waals surface area contributed by atoms with Crippen LogP contribution in [0.1, 0.15) is 18.6 Å². The third-order valence-electron chi connectivity index (χ3n) is 2.23. The van der Waals surface area contributed by atoms with Crippen LogP contribution < -0.4 is 5.32 Å². The summed E-state index contributed by atoms with van der Waals surface area (Å²) in [5.41, 5.74) is 0.307. The van der Waals surface area contributed by atoms with E-state index in [0.29, 0.717) is 10.0 Å². The maximum atomic E-state index is 13.5. The molecular formula is C10H13BrFNO. The first-order chi connectivity index (χ1) is 6.57. The Balaban J connectivity index is 3.01. The second-order valence-electron chi connectivity index (χ2n) is 3.17. The number of rotatable bonds is 3. The number of hydrogen-bond donors (Lipinski definition) is 2. The minimum Gasteiger partial charge on any atom is -0.387 e. The number of nitrogens with one attached hydrogen (secondary N) is 1. The van der Waals surface area contributed by atoms with Crippen LogP contribution in [0.15, 0.2) is 22.7 Å². The third-order valence-corrected chi connectivity index (χ3v) is 2.84. The highest BCUT2D eigenvalue weighted by Gasteiger charge is 2.19. The van der Waals surface area contributed by atoms with Gasteiger partial charge in [0.2, 0.25) is 0 Å². The molecule has 1 rings (SSSR count). The fraction of sp³-hybridized carbons (Fsp3) is 0.400. The van der Waals surface area contributed by atoms with Crippen molar-refractivity contribution in [1.82, 2.24) is 5.32 Å². The first-order valence-corrected chi connectivity index (χ1v) is 5.16. The second-order valence-corrected chi connectivity index (χ2v) is 4.02. The van der Waals surface area contributed by atoms with Crippen LogP contribution in [-0.2, 0) is 0 Å². The van der Waals surface area contributed by atoms with Gasteiger partial charge in [-0.25, -0.2) is 4.39 Å². The molecule has 0 aliphatic carbocycles. The molecule has 0 saturated carbocycles. The van der Waals surface area contributed by atoms with E-state index in [-0.39, 0.29) is 6.04 Å². The van der Waals surface area contributed by atoms with Crippen LogP contribution >= 0.6 is 15.9 Å². The Bertz CT molecular complexity index is 319. The van der Waals surface area contributed by atoms with E-state index in [0.717, 1.165) is 0 Å². The van der Waals surface area contributed by atoms with E-state index in [9.17, 15) is 9.50 Å². The lowest BCUT2D eigenvalue weighted by atomic mass is 10.0. The third kappa shape index (κ3) is 2.32. The Morgan fingerprint density at radius 3 is 2.71 bits per heavy atom. The molecule has 2 N–H and O–H groups in total. The molecule has 0 fully saturated rings. The molecule has 0 aliphatic heterocycles. The molecule has 0 amide bonds. The zero-order chi connectivity index (χ0) is 10.7. The number of hydrogen-bond acceptors (Lipinski definition) is 2. The van der Waals surface area contributed by atoms with Gasteiger partial charge in [0.15, 0.2) is 0 Å². The molecule has 0 spiro atoms. The van der Waals surface area contributed by atoms with Crippen molar-refractivity contribution in [2.45, 2.75) is 19.1 Å². The monoisotopic (exact) mass is 261 g/mol. The summed E-state index contributed by atoms with van der Waals surface area (Å²) in [4.78, 5) is 0. The van der Waals surface area contributed by atoms with Crippen LogP contribution in [-0.4, -0.2) is 18.2 Å². The molecule has 0 bridgehead atoms. The fourth-order valence-electron chi connectivity index (χ4n) is 1.18. The molecule has 0 aromatic heterocycles. The standard InChI is InChI=1S/C10H13BrFNO/c1-6(13-2)10(14)7-4-3-5-8(11)9(7)12/h3-6,10,13-14H,1-2H3/t6-,10?/m0/s1. The van der Waals surface area contributed by atoms with E-state index in [1.165, 1.54) is 0 Å².